The average molecular weight is 354 g/mol. The molecule has 0 aliphatic heterocycles. The molecule has 8 heteroatoms. The summed E-state index contributed by atoms with van der Waals surface area (Å²) in [5.74, 6) is 0.974. The molecule has 0 radical (unpaired) electrons. The molecular weight excluding hydrogens is 328 g/mol. The Morgan fingerprint density at radius 1 is 1.12 bits per heavy atom. The second-order valence-electron chi connectivity index (χ2n) is 5.51. The van der Waals surface area contributed by atoms with Gasteiger partial charge in [0.1, 0.15) is 17.2 Å². The van der Waals surface area contributed by atoms with Gasteiger partial charge < -0.3 is 30.0 Å². The van der Waals surface area contributed by atoms with Crippen molar-refractivity contribution in [1.82, 2.24) is 10.6 Å². The molecule has 1 aromatic rings. The van der Waals surface area contributed by atoms with Crippen molar-refractivity contribution < 1.29 is 28.9 Å². The molecule has 1 aromatic carbocycles. The molecule has 0 aliphatic carbocycles. The molecule has 0 aliphatic rings. The second kappa shape index (κ2) is 10.3. The Morgan fingerprint density at radius 2 is 1.72 bits per heavy atom. The molecule has 1 atom stereocenters. The lowest BCUT2D eigenvalue weighted by atomic mass is 10.0. The van der Waals surface area contributed by atoms with Gasteiger partial charge in [-0.15, -0.1) is 0 Å². The average Bonchev–Trinajstić information content (AvgIpc) is 2.58. The first-order chi connectivity index (χ1) is 11.9. The van der Waals surface area contributed by atoms with Crippen LogP contribution in [0.1, 0.15) is 25.3 Å². The van der Waals surface area contributed by atoms with E-state index in [1.165, 1.54) is 0 Å². The number of rotatable bonds is 10. The zero-order valence-corrected chi connectivity index (χ0v) is 15.0. The van der Waals surface area contributed by atoms with E-state index >= 15 is 0 Å². The summed E-state index contributed by atoms with van der Waals surface area (Å²) in [6.45, 7) is 2.17. The molecule has 1 unspecified atom stereocenters. The number of aliphatic carboxylic acids is 1. The number of carboxylic acids is 1. The number of hydrogen-bond donors (Lipinski definition) is 3. The van der Waals surface area contributed by atoms with E-state index < -0.39 is 5.97 Å². The van der Waals surface area contributed by atoms with Crippen LogP contribution in [0, 0.1) is 0 Å². The largest absolute Gasteiger partial charge is 0.496 e. The molecule has 8 nitrogen and oxygen atoms in total. The van der Waals surface area contributed by atoms with Gasteiger partial charge in [0.25, 0.3) is 0 Å². The number of methoxy groups -OCH3 is 3. The summed E-state index contributed by atoms with van der Waals surface area (Å²) >= 11 is 0. The van der Waals surface area contributed by atoms with Gasteiger partial charge in [-0.1, -0.05) is 0 Å². The monoisotopic (exact) mass is 354 g/mol. The fourth-order valence-electron chi connectivity index (χ4n) is 2.35. The van der Waals surface area contributed by atoms with E-state index in [1.807, 2.05) is 6.92 Å². The van der Waals surface area contributed by atoms with Crippen LogP contribution in [0.3, 0.4) is 0 Å². The summed E-state index contributed by atoms with van der Waals surface area (Å²) in [4.78, 5) is 22.3. The van der Waals surface area contributed by atoms with Crippen LogP contribution in [0.4, 0.5) is 4.79 Å². The summed E-state index contributed by atoms with van der Waals surface area (Å²) in [6, 6.07) is 2.99. The Kier molecular flexibility index (Phi) is 8.38. The maximum absolute atomic E-state index is 11.8. The van der Waals surface area contributed by atoms with Gasteiger partial charge >= 0.3 is 12.0 Å². The first-order valence-corrected chi connectivity index (χ1v) is 7.96. The molecule has 2 amide bonds. The van der Waals surface area contributed by atoms with Crippen LogP contribution in [0.25, 0.3) is 0 Å². The van der Waals surface area contributed by atoms with Crippen molar-refractivity contribution in [3.8, 4) is 17.2 Å². The van der Waals surface area contributed by atoms with Crippen molar-refractivity contribution in [1.29, 1.82) is 0 Å². The molecule has 140 valence electrons. The predicted octanol–water partition coefficient (Wildman–Crippen LogP) is 1.81. The molecule has 25 heavy (non-hydrogen) atoms. The first-order valence-electron chi connectivity index (χ1n) is 7.96. The van der Waals surface area contributed by atoms with Crippen LogP contribution in [-0.2, 0) is 11.2 Å². The minimum Gasteiger partial charge on any atom is -0.496 e. The summed E-state index contributed by atoms with van der Waals surface area (Å²) in [5.41, 5.74) is 0.824. The Balaban J connectivity index is 2.65. The lowest BCUT2D eigenvalue weighted by Crippen LogP contribution is -2.42. The minimum atomic E-state index is -0.880. The summed E-state index contributed by atoms with van der Waals surface area (Å²) in [6.07, 6.45) is 0.909. The second-order valence-corrected chi connectivity index (χ2v) is 5.51. The zero-order chi connectivity index (χ0) is 18.8. The van der Waals surface area contributed by atoms with Gasteiger partial charge in [-0.05, 0) is 19.8 Å². The van der Waals surface area contributed by atoms with Crippen molar-refractivity contribution in [3.05, 3.63) is 17.7 Å². The van der Waals surface area contributed by atoms with Gasteiger partial charge in [-0.25, -0.2) is 4.79 Å². The van der Waals surface area contributed by atoms with Crippen molar-refractivity contribution in [2.45, 2.75) is 32.2 Å². The number of carboxylic acid groups (broad SMARTS) is 1. The quantitative estimate of drug-likeness (QED) is 0.553. The lowest BCUT2D eigenvalue weighted by molar-refractivity contribution is -0.137. The number of ether oxygens (including phenoxy) is 3. The van der Waals surface area contributed by atoms with Gasteiger partial charge in [-0.2, -0.15) is 0 Å². The van der Waals surface area contributed by atoms with E-state index in [0.717, 1.165) is 5.56 Å². The maximum atomic E-state index is 11.8. The van der Waals surface area contributed by atoms with Crippen LogP contribution >= 0.6 is 0 Å². The molecule has 0 aromatic heterocycles. The smallest absolute Gasteiger partial charge is 0.315 e. The lowest BCUT2D eigenvalue weighted by Gasteiger charge is -2.19. The summed E-state index contributed by atoms with van der Waals surface area (Å²) in [5, 5.41) is 14.0. The van der Waals surface area contributed by atoms with Gasteiger partial charge in [0.15, 0.2) is 0 Å². The number of urea groups is 1. The van der Waals surface area contributed by atoms with Gasteiger partial charge in [-0.3, -0.25) is 4.79 Å². The highest BCUT2D eigenvalue weighted by Crippen LogP contribution is 2.34. The van der Waals surface area contributed by atoms with Gasteiger partial charge in [0.2, 0.25) is 0 Å². The van der Waals surface area contributed by atoms with Crippen LogP contribution < -0.4 is 24.8 Å². The maximum Gasteiger partial charge on any atom is 0.315 e. The normalized spacial score (nSPS) is 11.4. The summed E-state index contributed by atoms with van der Waals surface area (Å²) in [7, 11) is 4.68. The third kappa shape index (κ3) is 6.78. The highest BCUT2D eigenvalue weighted by Gasteiger charge is 2.17. The third-order valence-corrected chi connectivity index (χ3v) is 3.56. The van der Waals surface area contributed by atoms with Gasteiger partial charge in [0.05, 0.1) is 21.3 Å². The van der Waals surface area contributed by atoms with Crippen molar-refractivity contribution in [3.63, 3.8) is 0 Å². The van der Waals surface area contributed by atoms with Crippen LogP contribution in [0.5, 0.6) is 17.2 Å². The highest BCUT2D eigenvalue weighted by atomic mass is 16.5. The molecule has 0 heterocycles. The van der Waals surface area contributed by atoms with E-state index in [4.69, 9.17) is 19.3 Å². The van der Waals surface area contributed by atoms with Gasteiger partial charge in [0, 0.05) is 36.7 Å². The Hall–Kier alpha value is -2.64. The predicted molar refractivity (Wildman–Crippen MR) is 92.7 cm³/mol. The van der Waals surface area contributed by atoms with Crippen molar-refractivity contribution in [2.24, 2.45) is 0 Å². The molecule has 0 fully saturated rings. The molecule has 0 saturated heterocycles. The molecule has 0 saturated carbocycles. The number of nitrogens with one attached hydrogen (secondary N) is 2. The van der Waals surface area contributed by atoms with Crippen molar-refractivity contribution >= 4 is 12.0 Å². The minimum absolute atomic E-state index is 0.0239. The molecule has 3 N–H and O–H groups in total. The van der Waals surface area contributed by atoms with Crippen LogP contribution in [0.15, 0.2) is 12.1 Å². The number of carbonyl (C=O) groups excluding carboxylic acids is 1. The Bertz CT molecular complexity index is 565. The standard InChI is InChI=1S/C17H26N2O6/c1-11(19-17(22)18-7-5-6-16(20)21)8-13-14(24-3)9-12(23-2)10-15(13)25-4/h9-11H,5-8H2,1-4H3,(H,20,21)(H2,18,19,22). The third-order valence-electron chi connectivity index (χ3n) is 3.56. The Labute approximate surface area is 147 Å². The number of hydrogen-bond acceptors (Lipinski definition) is 5. The highest BCUT2D eigenvalue weighted by molar-refractivity contribution is 5.74. The fraction of sp³-hybridized carbons (Fsp3) is 0.529. The number of carbonyl (C=O) groups is 2. The molecule has 0 spiro atoms. The molecule has 1 rings (SSSR count). The molecular formula is C17H26N2O6. The SMILES string of the molecule is COc1cc(OC)c(CC(C)NC(=O)NCCCC(=O)O)c(OC)c1. The van der Waals surface area contributed by atoms with Crippen molar-refractivity contribution in [2.75, 3.05) is 27.9 Å². The zero-order valence-electron chi connectivity index (χ0n) is 15.0. The topological polar surface area (TPSA) is 106 Å². The number of amides is 2. The van der Waals surface area contributed by atoms with E-state index in [0.29, 0.717) is 36.6 Å². The first kappa shape index (κ1) is 20.4. The van der Waals surface area contributed by atoms with Crippen LogP contribution in [-0.4, -0.2) is 51.0 Å². The van der Waals surface area contributed by atoms with E-state index in [2.05, 4.69) is 10.6 Å². The van der Waals surface area contributed by atoms with E-state index in [-0.39, 0.29) is 18.5 Å². The van der Waals surface area contributed by atoms with E-state index in [9.17, 15) is 9.59 Å². The Morgan fingerprint density at radius 3 is 2.20 bits per heavy atom. The summed E-state index contributed by atoms with van der Waals surface area (Å²) < 4.78 is 16.0. The van der Waals surface area contributed by atoms with E-state index in [1.54, 1.807) is 33.5 Å². The number of benzene rings is 1. The fourth-order valence-corrected chi connectivity index (χ4v) is 2.35. The molecule has 0 bridgehead atoms. The van der Waals surface area contributed by atoms with Crippen LogP contribution in [0.2, 0.25) is 0 Å².